The van der Waals surface area contributed by atoms with E-state index in [-0.39, 0.29) is 0 Å². The molecule has 0 unspecified atom stereocenters. The molecule has 0 atom stereocenters. The van der Waals surface area contributed by atoms with Crippen molar-refractivity contribution < 1.29 is 4.42 Å². The number of benzene rings is 1. The third-order valence-corrected chi connectivity index (χ3v) is 3.98. The number of fused-ring (bicyclic) bond motifs is 1. The van der Waals surface area contributed by atoms with Crippen LogP contribution in [0.3, 0.4) is 0 Å². The molecule has 0 aliphatic heterocycles. The maximum atomic E-state index is 5.67. The zero-order chi connectivity index (χ0) is 14.8. The van der Waals surface area contributed by atoms with Gasteiger partial charge in [0.15, 0.2) is 5.65 Å². The predicted octanol–water partition coefficient (Wildman–Crippen LogP) is 2.70. The molecule has 0 aliphatic carbocycles. The molecule has 1 N–H and O–H groups in total. The van der Waals surface area contributed by atoms with E-state index in [1.54, 1.807) is 6.33 Å². The first-order valence-electron chi connectivity index (χ1n) is 6.55. The minimum atomic E-state index is 0.519. The first-order chi connectivity index (χ1) is 10.9. The standard InChI is InChI=1S/C14H10N6OS/c1-2-4-9(5-3-1)13-20-19-10(21-13)6-22-14-11-12(16-7-15-11)17-8-18-14/h1-5,7-8H,6H2,(H,15,16,17,18). The molecule has 1 aromatic carbocycles. The van der Waals surface area contributed by atoms with Gasteiger partial charge in [0.1, 0.15) is 16.9 Å². The zero-order valence-corrected chi connectivity index (χ0v) is 12.1. The van der Waals surface area contributed by atoms with Crippen LogP contribution in [0.15, 0.2) is 52.4 Å². The van der Waals surface area contributed by atoms with Crippen LogP contribution in [0.1, 0.15) is 5.89 Å². The average molecular weight is 310 g/mol. The van der Waals surface area contributed by atoms with E-state index < -0.39 is 0 Å². The average Bonchev–Trinajstić information content (AvgIpc) is 3.23. The SMILES string of the molecule is c1ccc(-c2nnc(CSc3ncnc4nc[nH]c34)o2)cc1. The molecule has 0 spiro atoms. The maximum Gasteiger partial charge on any atom is 0.247 e. The summed E-state index contributed by atoms with van der Waals surface area (Å²) in [5.74, 6) is 1.60. The highest BCUT2D eigenvalue weighted by molar-refractivity contribution is 7.98. The fourth-order valence-corrected chi connectivity index (χ4v) is 2.78. The lowest BCUT2D eigenvalue weighted by Gasteiger charge is -1.98. The van der Waals surface area contributed by atoms with Crippen LogP contribution < -0.4 is 0 Å². The fourth-order valence-electron chi connectivity index (χ4n) is 1.99. The number of aromatic nitrogens is 6. The summed E-state index contributed by atoms with van der Waals surface area (Å²) in [7, 11) is 0. The minimum Gasteiger partial charge on any atom is -0.420 e. The quantitative estimate of drug-likeness (QED) is 0.457. The number of H-pyrrole nitrogens is 1. The summed E-state index contributed by atoms with van der Waals surface area (Å²) in [4.78, 5) is 15.5. The number of thioether (sulfide) groups is 1. The third kappa shape index (κ3) is 2.44. The number of nitrogens with zero attached hydrogens (tertiary/aromatic N) is 5. The van der Waals surface area contributed by atoms with Gasteiger partial charge in [-0.15, -0.1) is 10.2 Å². The lowest BCUT2D eigenvalue weighted by molar-refractivity contribution is 0.528. The van der Waals surface area contributed by atoms with Crippen molar-refractivity contribution in [2.24, 2.45) is 0 Å². The summed E-state index contributed by atoms with van der Waals surface area (Å²) in [6.45, 7) is 0. The molecule has 3 heterocycles. The van der Waals surface area contributed by atoms with Gasteiger partial charge in [-0.3, -0.25) is 0 Å². The third-order valence-electron chi connectivity index (χ3n) is 3.01. The van der Waals surface area contributed by atoms with E-state index >= 15 is 0 Å². The topological polar surface area (TPSA) is 93.4 Å². The number of aromatic amines is 1. The van der Waals surface area contributed by atoms with E-state index in [0.29, 0.717) is 23.2 Å². The van der Waals surface area contributed by atoms with Crippen molar-refractivity contribution in [3.63, 3.8) is 0 Å². The van der Waals surface area contributed by atoms with Gasteiger partial charge in [-0.25, -0.2) is 15.0 Å². The van der Waals surface area contributed by atoms with Crippen molar-refractivity contribution in [3.8, 4) is 11.5 Å². The molecule has 0 bridgehead atoms. The van der Waals surface area contributed by atoms with Crippen molar-refractivity contribution in [2.75, 3.05) is 0 Å². The Bertz CT molecular complexity index is 904. The largest absolute Gasteiger partial charge is 0.420 e. The van der Waals surface area contributed by atoms with Crippen molar-refractivity contribution in [1.82, 2.24) is 30.1 Å². The summed E-state index contributed by atoms with van der Waals surface area (Å²) in [5.41, 5.74) is 2.37. The highest BCUT2D eigenvalue weighted by atomic mass is 32.2. The lowest BCUT2D eigenvalue weighted by atomic mass is 10.2. The molecular weight excluding hydrogens is 300 g/mol. The van der Waals surface area contributed by atoms with Crippen LogP contribution in [0.4, 0.5) is 0 Å². The smallest absolute Gasteiger partial charge is 0.247 e. The van der Waals surface area contributed by atoms with Gasteiger partial charge in [-0.1, -0.05) is 30.0 Å². The van der Waals surface area contributed by atoms with Crippen LogP contribution in [0, 0.1) is 0 Å². The Labute approximate surface area is 129 Å². The van der Waals surface area contributed by atoms with Gasteiger partial charge >= 0.3 is 0 Å². The maximum absolute atomic E-state index is 5.67. The lowest BCUT2D eigenvalue weighted by Crippen LogP contribution is -1.87. The van der Waals surface area contributed by atoms with Gasteiger partial charge in [0.2, 0.25) is 11.8 Å². The Kier molecular flexibility index (Phi) is 3.28. The van der Waals surface area contributed by atoms with Gasteiger partial charge < -0.3 is 9.40 Å². The Morgan fingerprint density at radius 3 is 2.86 bits per heavy atom. The second-order valence-electron chi connectivity index (χ2n) is 4.44. The molecule has 108 valence electrons. The van der Waals surface area contributed by atoms with Crippen molar-refractivity contribution in [1.29, 1.82) is 0 Å². The molecule has 0 saturated heterocycles. The summed E-state index contributed by atoms with van der Waals surface area (Å²) in [5, 5.41) is 8.94. The van der Waals surface area contributed by atoms with Crippen molar-refractivity contribution >= 4 is 22.9 Å². The van der Waals surface area contributed by atoms with Crippen LogP contribution in [0.25, 0.3) is 22.6 Å². The molecule has 0 fully saturated rings. The molecule has 3 aromatic heterocycles. The summed E-state index contributed by atoms with van der Waals surface area (Å²) >= 11 is 1.50. The van der Waals surface area contributed by atoms with Gasteiger partial charge in [0.25, 0.3) is 0 Å². The molecular formula is C14H10N6OS. The van der Waals surface area contributed by atoms with E-state index in [1.807, 2.05) is 30.3 Å². The monoisotopic (exact) mass is 310 g/mol. The highest BCUT2D eigenvalue weighted by Gasteiger charge is 2.11. The Hall–Kier alpha value is -2.74. The molecule has 0 aliphatic rings. The molecule has 4 aromatic rings. The Morgan fingerprint density at radius 2 is 1.95 bits per heavy atom. The van der Waals surface area contributed by atoms with Crippen LogP contribution in [-0.2, 0) is 5.75 Å². The van der Waals surface area contributed by atoms with Gasteiger partial charge in [-0.05, 0) is 12.1 Å². The van der Waals surface area contributed by atoms with Crippen molar-refractivity contribution in [3.05, 3.63) is 48.9 Å². The molecule has 7 nitrogen and oxygen atoms in total. The molecule has 4 rings (SSSR count). The summed E-state index contributed by atoms with van der Waals surface area (Å²) < 4.78 is 5.67. The van der Waals surface area contributed by atoms with E-state index in [9.17, 15) is 0 Å². The molecule has 22 heavy (non-hydrogen) atoms. The fraction of sp³-hybridized carbons (Fsp3) is 0.0714. The molecule has 0 amide bonds. The van der Waals surface area contributed by atoms with E-state index in [0.717, 1.165) is 16.1 Å². The first-order valence-corrected chi connectivity index (χ1v) is 7.53. The normalized spacial score (nSPS) is 11.1. The molecule has 8 heteroatoms. The number of imidazole rings is 1. The zero-order valence-electron chi connectivity index (χ0n) is 11.3. The number of nitrogens with one attached hydrogen (secondary N) is 1. The summed E-state index contributed by atoms with van der Waals surface area (Å²) in [6, 6.07) is 9.68. The number of hydrogen-bond acceptors (Lipinski definition) is 7. The predicted molar refractivity (Wildman–Crippen MR) is 81.0 cm³/mol. The van der Waals surface area contributed by atoms with E-state index in [4.69, 9.17) is 4.42 Å². The molecule has 0 radical (unpaired) electrons. The number of rotatable bonds is 4. The highest BCUT2D eigenvalue weighted by Crippen LogP contribution is 2.26. The Morgan fingerprint density at radius 1 is 1.05 bits per heavy atom. The van der Waals surface area contributed by atoms with E-state index in [2.05, 4.69) is 30.1 Å². The van der Waals surface area contributed by atoms with Crippen LogP contribution >= 0.6 is 11.8 Å². The van der Waals surface area contributed by atoms with Crippen LogP contribution in [0.5, 0.6) is 0 Å². The molecule has 0 saturated carbocycles. The second-order valence-corrected chi connectivity index (χ2v) is 5.40. The van der Waals surface area contributed by atoms with Gasteiger partial charge in [0.05, 0.1) is 12.1 Å². The second kappa shape index (κ2) is 5.57. The van der Waals surface area contributed by atoms with Gasteiger partial charge in [-0.2, -0.15) is 0 Å². The van der Waals surface area contributed by atoms with Gasteiger partial charge in [0, 0.05) is 5.56 Å². The van der Waals surface area contributed by atoms with E-state index in [1.165, 1.54) is 18.1 Å². The number of hydrogen-bond donors (Lipinski definition) is 1. The first kappa shape index (κ1) is 13.0. The minimum absolute atomic E-state index is 0.519. The van der Waals surface area contributed by atoms with Crippen LogP contribution in [0.2, 0.25) is 0 Å². The van der Waals surface area contributed by atoms with Crippen LogP contribution in [-0.4, -0.2) is 30.1 Å². The Balaban J connectivity index is 1.53. The summed E-state index contributed by atoms with van der Waals surface area (Å²) in [6.07, 6.45) is 3.10. The van der Waals surface area contributed by atoms with Crippen molar-refractivity contribution in [2.45, 2.75) is 10.8 Å².